The Labute approximate surface area is 176 Å². The van der Waals surface area contributed by atoms with Crippen LogP contribution in [-0.2, 0) is 21.4 Å². The normalized spacial score (nSPS) is 12.7. The minimum Gasteiger partial charge on any atom is -0.340 e. The van der Waals surface area contributed by atoms with E-state index in [4.69, 9.17) is 5.14 Å². The Hall–Kier alpha value is -3.04. The average molecular weight is 428 g/mol. The molecule has 9 heteroatoms. The highest BCUT2D eigenvalue weighted by Gasteiger charge is 2.28. The lowest BCUT2D eigenvalue weighted by molar-refractivity contribution is -0.135. The van der Waals surface area contributed by atoms with E-state index >= 15 is 0 Å². The minimum absolute atomic E-state index is 0.00460. The monoisotopic (exact) mass is 427 g/mol. The zero-order valence-corrected chi connectivity index (χ0v) is 18.0. The lowest BCUT2D eigenvalue weighted by Crippen LogP contribution is -2.37. The predicted molar refractivity (Wildman–Crippen MR) is 114 cm³/mol. The van der Waals surface area contributed by atoms with E-state index in [0.717, 1.165) is 5.56 Å². The number of hydrogen-bond donors (Lipinski definition) is 1. The summed E-state index contributed by atoms with van der Waals surface area (Å²) in [5.41, 5.74) is 2.27. The molecular weight excluding hydrogens is 402 g/mol. The third-order valence-electron chi connectivity index (χ3n) is 4.80. The lowest BCUT2D eigenvalue weighted by Gasteiger charge is -2.26. The van der Waals surface area contributed by atoms with Crippen LogP contribution in [0, 0.1) is 5.92 Å². The number of benzene rings is 2. The van der Waals surface area contributed by atoms with E-state index in [1.807, 2.05) is 44.2 Å². The van der Waals surface area contributed by atoms with Gasteiger partial charge < -0.3 is 4.90 Å². The standard InChI is InChI=1S/C21H25N5O3S/c1-15(2)20(21(27)25(3)13-16-7-5-4-6-8-16)26-14-19(23-24-26)17-9-11-18(12-10-17)30(22,28)29/h4-12,14-15,20H,13H2,1-3H3,(H2,22,28,29)/t20-/m0/s1. The van der Waals surface area contributed by atoms with Crippen LogP contribution in [0.5, 0.6) is 0 Å². The van der Waals surface area contributed by atoms with Crippen molar-refractivity contribution < 1.29 is 13.2 Å². The van der Waals surface area contributed by atoms with Gasteiger partial charge in [-0.2, -0.15) is 0 Å². The molecule has 1 amide bonds. The molecule has 0 aliphatic rings. The van der Waals surface area contributed by atoms with Crippen molar-refractivity contribution >= 4 is 15.9 Å². The molecule has 0 saturated heterocycles. The van der Waals surface area contributed by atoms with Gasteiger partial charge in [0.15, 0.2) is 0 Å². The number of nitrogens with two attached hydrogens (primary N) is 1. The largest absolute Gasteiger partial charge is 0.340 e. The van der Waals surface area contributed by atoms with Crippen LogP contribution in [0.25, 0.3) is 11.3 Å². The highest BCUT2D eigenvalue weighted by Crippen LogP contribution is 2.24. The number of rotatable bonds is 7. The quantitative estimate of drug-likeness (QED) is 0.623. The first-order valence-electron chi connectivity index (χ1n) is 9.51. The average Bonchev–Trinajstić information content (AvgIpc) is 3.17. The Kier molecular flexibility index (Phi) is 6.33. The van der Waals surface area contributed by atoms with Crippen LogP contribution < -0.4 is 5.14 Å². The second kappa shape index (κ2) is 8.76. The van der Waals surface area contributed by atoms with Crippen molar-refractivity contribution in [2.75, 3.05) is 7.05 Å². The third kappa shape index (κ3) is 4.92. The molecule has 3 rings (SSSR count). The maximum Gasteiger partial charge on any atom is 0.247 e. The SMILES string of the molecule is CC(C)[C@@H](C(=O)N(C)Cc1ccccc1)n1cc(-c2ccc(S(N)(=O)=O)cc2)nn1. The summed E-state index contributed by atoms with van der Waals surface area (Å²) in [4.78, 5) is 14.9. The summed E-state index contributed by atoms with van der Waals surface area (Å²) in [5, 5.41) is 13.5. The molecule has 1 aromatic heterocycles. The maximum absolute atomic E-state index is 13.1. The van der Waals surface area contributed by atoms with E-state index in [2.05, 4.69) is 10.3 Å². The summed E-state index contributed by atoms with van der Waals surface area (Å²) >= 11 is 0. The van der Waals surface area contributed by atoms with Crippen molar-refractivity contribution in [3.63, 3.8) is 0 Å². The predicted octanol–water partition coefficient (Wildman–Crippen LogP) is 2.45. The summed E-state index contributed by atoms with van der Waals surface area (Å²) in [6.45, 7) is 4.42. The van der Waals surface area contributed by atoms with Gasteiger partial charge in [-0.3, -0.25) is 4.79 Å². The topological polar surface area (TPSA) is 111 Å². The molecule has 0 unspecified atom stereocenters. The molecule has 0 spiro atoms. The third-order valence-corrected chi connectivity index (χ3v) is 5.73. The van der Waals surface area contributed by atoms with Gasteiger partial charge >= 0.3 is 0 Å². The summed E-state index contributed by atoms with van der Waals surface area (Å²) in [6.07, 6.45) is 1.70. The van der Waals surface area contributed by atoms with Crippen molar-refractivity contribution in [2.24, 2.45) is 11.1 Å². The van der Waals surface area contributed by atoms with Gasteiger partial charge in [0, 0.05) is 19.2 Å². The molecule has 2 N–H and O–H groups in total. The molecule has 3 aromatic rings. The maximum atomic E-state index is 13.1. The number of aromatic nitrogens is 3. The molecule has 0 bridgehead atoms. The summed E-state index contributed by atoms with van der Waals surface area (Å²) in [5.74, 6) is -0.0649. The fraction of sp³-hybridized carbons (Fsp3) is 0.286. The number of amides is 1. The Balaban J connectivity index is 1.82. The smallest absolute Gasteiger partial charge is 0.247 e. The van der Waals surface area contributed by atoms with E-state index in [1.54, 1.807) is 35.0 Å². The van der Waals surface area contributed by atoms with Gasteiger partial charge in [-0.15, -0.1) is 5.10 Å². The van der Waals surface area contributed by atoms with Crippen LogP contribution in [0.15, 0.2) is 65.7 Å². The van der Waals surface area contributed by atoms with Crippen LogP contribution in [0.1, 0.15) is 25.5 Å². The van der Waals surface area contributed by atoms with Gasteiger partial charge in [-0.25, -0.2) is 18.2 Å². The van der Waals surface area contributed by atoms with E-state index in [0.29, 0.717) is 17.8 Å². The molecule has 0 radical (unpaired) electrons. The number of nitrogens with zero attached hydrogens (tertiary/aromatic N) is 4. The first-order valence-corrected chi connectivity index (χ1v) is 11.1. The lowest BCUT2D eigenvalue weighted by atomic mass is 10.0. The van der Waals surface area contributed by atoms with Gasteiger partial charge in [0.2, 0.25) is 15.9 Å². The molecule has 0 fully saturated rings. The van der Waals surface area contributed by atoms with Crippen molar-refractivity contribution in [3.8, 4) is 11.3 Å². The Morgan fingerprint density at radius 3 is 2.30 bits per heavy atom. The molecule has 0 aliphatic carbocycles. The molecule has 1 heterocycles. The molecule has 158 valence electrons. The van der Waals surface area contributed by atoms with Gasteiger partial charge in [-0.05, 0) is 23.6 Å². The second-order valence-corrected chi connectivity index (χ2v) is 9.08. The van der Waals surface area contributed by atoms with Crippen molar-refractivity contribution in [1.82, 2.24) is 19.9 Å². The Bertz CT molecular complexity index is 1110. The first-order chi connectivity index (χ1) is 14.2. The number of carbonyl (C=O) groups excluding carboxylic acids is 1. The van der Waals surface area contributed by atoms with E-state index < -0.39 is 16.1 Å². The molecular formula is C21H25N5O3S. The van der Waals surface area contributed by atoms with Crippen LogP contribution >= 0.6 is 0 Å². The number of hydrogen-bond acceptors (Lipinski definition) is 5. The van der Waals surface area contributed by atoms with Crippen molar-refractivity contribution in [1.29, 1.82) is 0 Å². The number of primary sulfonamides is 1. The zero-order chi connectivity index (χ0) is 21.9. The van der Waals surface area contributed by atoms with Crippen molar-refractivity contribution in [3.05, 3.63) is 66.4 Å². The summed E-state index contributed by atoms with van der Waals surface area (Å²) < 4.78 is 24.4. The van der Waals surface area contributed by atoms with Crippen LogP contribution in [-0.4, -0.2) is 41.3 Å². The number of carbonyl (C=O) groups is 1. The second-order valence-electron chi connectivity index (χ2n) is 7.52. The first kappa shape index (κ1) is 21.7. The van der Waals surface area contributed by atoms with E-state index in [1.165, 1.54) is 12.1 Å². The van der Waals surface area contributed by atoms with Crippen LogP contribution in [0.3, 0.4) is 0 Å². The molecule has 8 nitrogen and oxygen atoms in total. The van der Waals surface area contributed by atoms with E-state index in [9.17, 15) is 13.2 Å². The van der Waals surface area contributed by atoms with Gasteiger partial charge in [0.25, 0.3) is 0 Å². The molecule has 30 heavy (non-hydrogen) atoms. The number of sulfonamides is 1. The van der Waals surface area contributed by atoms with Gasteiger partial charge in [-0.1, -0.05) is 61.5 Å². The highest BCUT2D eigenvalue weighted by atomic mass is 32.2. The molecule has 0 saturated carbocycles. The van der Waals surface area contributed by atoms with Crippen LogP contribution in [0.2, 0.25) is 0 Å². The van der Waals surface area contributed by atoms with Crippen molar-refractivity contribution in [2.45, 2.75) is 31.3 Å². The zero-order valence-electron chi connectivity index (χ0n) is 17.1. The van der Waals surface area contributed by atoms with Gasteiger partial charge in [0.1, 0.15) is 11.7 Å². The summed E-state index contributed by atoms with van der Waals surface area (Å²) in [6, 6.07) is 15.3. The van der Waals surface area contributed by atoms with E-state index in [-0.39, 0.29) is 16.7 Å². The Morgan fingerprint density at radius 1 is 1.10 bits per heavy atom. The minimum atomic E-state index is -3.76. The molecule has 2 aromatic carbocycles. The van der Waals surface area contributed by atoms with Gasteiger partial charge in [0.05, 0.1) is 11.1 Å². The fourth-order valence-electron chi connectivity index (χ4n) is 3.23. The molecule has 0 aliphatic heterocycles. The number of likely N-dealkylation sites (N-methyl/N-ethyl adjacent to an activating group) is 1. The fourth-order valence-corrected chi connectivity index (χ4v) is 3.74. The summed E-state index contributed by atoms with van der Waals surface area (Å²) in [7, 11) is -1.99. The molecule has 1 atom stereocenters. The van der Waals surface area contributed by atoms with Crippen LogP contribution in [0.4, 0.5) is 0 Å². The Morgan fingerprint density at radius 2 is 1.73 bits per heavy atom. The highest BCUT2D eigenvalue weighted by molar-refractivity contribution is 7.89.